The van der Waals surface area contributed by atoms with Gasteiger partial charge in [-0.15, -0.1) is 0 Å². The maximum Gasteiger partial charge on any atom is 0.130 e. The van der Waals surface area contributed by atoms with Crippen molar-refractivity contribution in [1.82, 2.24) is 9.88 Å². The summed E-state index contributed by atoms with van der Waals surface area (Å²) in [6, 6.07) is 1.67. The van der Waals surface area contributed by atoms with Crippen molar-refractivity contribution >= 4 is 23.2 Å². The minimum absolute atomic E-state index is 0.427. The molecule has 0 N–H and O–H groups in total. The van der Waals surface area contributed by atoms with Gasteiger partial charge in [-0.1, -0.05) is 23.2 Å². The second kappa shape index (κ2) is 7.07. The molecule has 0 saturated heterocycles. The van der Waals surface area contributed by atoms with Crippen molar-refractivity contribution in [3.63, 3.8) is 0 Å². The molecule has 90 valence electrons. The zero-order valence-electron chi connectivity index (χ0n) is 9.54. The van der Waals surface area contributed by atoms with Crippen molar-refractivity contribution in [2.45, 2.75) is 13.0 Å². The monoisotopic (exact) mass is 262 g/mol. The van der Waals surface area contributed by atoms with Crippen molar-refractivity contribution < 1.29 is 4.74 Å². The fourth-order valence-electron chi connectivity index (χ4n) is 1.40. The Hall–Kier alpha value is -0.350. The highest BCUT2D eigenvalue weighted by molar-refractivity contribution is 6.34. The number of hydrogen-bond donors (Lipinski definition) is 0. The predicted molar refractivity (Wildman–Crippen MR) is 67.1 cm³/mol. The highest BCUT2D eigenvalue weighted by Crippen LogP contribution is 2.19. The van der Waals surface area contributed by atoms with Gasteiger partial charge in [0.2, 0.25) is 0 Å². The van der Waals surface area contributed by atoms with E-state index in [4.69, 9.17) is 27.9 Å². The summed E-state index contributed by atoms with van der Waals surface area (Å²) in [6.45, 7) is 2.51. The zero-order chi connectivity index (χ0) is 12.0. The lowest BCUT2D eigenvalue weighted by Crippen LogP contribution is -2.20. The summed E-state index contributed by atoms with van der Waals surface area (Å²) in [7, 11) is 3.75. The van der Waals surface area contributed by atoms with Crippen LogP contribution in [-0.4, -0.2) is 37.2 Å². The van der Waals surface area contributed by atoms with Crippen LogP contribution in [0, 0.1) is 0 Å². The Balaban J connectivity index is 2.46. The number of hydrogen-bond acceptors (Lipinski definition) is 3. The molecule has 0 atom stereocenters. The number of methoxy groups -OCH3 is 1. The summed E-state index contributed by atoms with van der Waals surface area (Å²) in [5.74, 6) is 0. The lowest BCUT2D eigenvalue weighted by atomic mass is 10.2. The van der Waals surface area contributed by atoms with E-state index < -0.39 is 0 Å². The number of ether oxygens (including phenoxy) is 1. The van der Waals surface area contributed by atoms with Crippen LogP contribution in [0.3, 0.4) is 0 Å². The minimum atomic E-state index is 0.427. The van der Waals surface area contributed by atoms with Gasteiger partial charge in [0.05, 0.1) is 0 Å². The molecule has 0 aliphatic carbocycles. The molecule has 0 amide bonds. The third-order valence-electron chi connectivity index (χ3n) is 2.22. The molecule has 0 radical (unpaired) electrons. The van der Waals surface area contributed by atoms with Crippen LogP contribution in [0.15, 0.2) is 12.3 Å². The minimum Gasteiger partial charge on any atom is -0.385 e. The van der Waals surface area contributed by atoms with Crippen LogP contribution in [0.1, 0.15) is 12.0 Å². The molecule has 0 unspecified atom stereocenters. The lowest BCUT2D eigenvalue weighted by molar-refractivity contribution is 0.178. The van der Waals surface area contributed by atoms with E-state index in [1.54, 1.807) is 19.4 Å². The van der Waals surface area contributed by atoms with Crippen molar-refractivity contribution in [3.8, 4) is 0 Å². The topological polar surface area (TPSA) is 25.4 Å². The van der Waals surface area contributed by atoms with Crippen molar-refractivity contribution in [2.75, 3.05) is 27.3 Å². The molecular formula is C11H16Cl2N2O. The van der Waals surface area contributed by atoms with Gasteiger partial charge in [0, 0.05) is 43.6 Å². The van der Waals surface area contributed by atoms with Crippen LogP contribution in [-0.2, 0) is 11.3 Å². The summed E-state index contributed by atoms with van der Waals surface area (Å²) >= 11 is 11.8. The Kier molecular flexibility index (Phi) is 6.06. The zero-order valence-corrected chi connectivity index (χ0v) is 11.1. The molecular weight excluding hydrogens is 247 g/mol. The van der Waals surface area contributed by atoms with E-state index in [9.17, 15) is 0 Å². The highest BCUT2D eigenvalue weighted by atomic mass is 35.5. The van der Waals surface area contributed by atoms with Gasteiger partial charge in [-0.25, -0.2) is 4.98 Å². The second-order valence-corrected chi connectivity index (χ2v) is 4.48. The predicted octanol–water partition coefficient (Wildman–Crippen LogP) is 2.86. The van der Waals surface area contributed by atoms with E-state index in [-0.39, 0.29) is 0 Å². The van der Waals surface area contributed by atoms with Gasteiger partial charge >= 0.3 is 0 Å². The second-order valence-electron chi connectivity index (χ2n) is 3.68. The number of halogens is 2. The van der Waals surface area contributed by atoms with Crippen LogP contribution in [0.2, 0.25) is 10.2 Å². The van der Waals surface area contributed by atoms with E-state index in [1.807, 2.05) is 7.05 Å². The molecule has 1 aromatic heterocycles. The van der Waals surface area contributed by atoms with E-state index in [0.717, 1.165) is 31.7 Å². The molecule has 5 heteroatoms. The smallest absolute Gasteiger partial charge is 0.130 e. The first-order valence-corrected chi connectivity index (χ1v) is 5.86. The van der Waals surface area contributed by atoms with Gasteiger partial charge in [-0.3, -0.25) is 0 Å². The van der Waals surface area contributed by atoms with Crippen molar-refractivity contribution in [2.24, 2.45) is 0 Å². The molecule has 1 aromatic rings. The molecule has 1 heterocycles. The van der Waals surface area contributed by atoms with Crippen LogP contribution >= 0.6 is 23.2 Å². The largest absolute Gasteiger partial charge is 0.385 e. The SMILES string of the molecule is COCCCN(C)Cc1cnc(Cl)cc1Cl. The summed E-state index contributed by atoms with van der Waals surface area (Å²) in [5.41, 5.74) is 0.992. The van der Waals surface area contributed by atoms with Gasteiger partial charge in [0.25, 0.3) is 0 Å². The lowest BCUT2D eigenvalue weighted by Gasteiger charge is -2.16. The Morgan fingerprint density at radius 3 is 2.81 bits per heavy atom. The van der Waals surface area contributed by atoms with E-state index in [2.05, 4.69) is 9.88 Å². The average molecular weight is 263 g/mol. The molecule has 0 bridgehead atoms. The Labute approximate surface area is 106 Å². The first-order valence-electron chi connectivity index (χ1n) is 5.11. The molecule has 16 heavy (non-hydrogen) atoms. The molecule has 0 aromatic carbocycles. The Morgan fingerprint density at radius 2 is 2.19 bits per heavy atom. The molecule has 3 nitrogen and oxygen atoms in total. The molecule has 0 fully saturated rings. The van der Waals surface area contributed by atoms with Gasteiger partial charge in [-0.2, -0.15) is 0 Å². The first kappa shape index (κ1) is 13.7. The van der Waals surface area contributed by atoms with Gasteiger partial charge in [-0.05, 0) is 19.5 Å². The Bertz CT molecular complexity index is 334. The Morgan fingerprint density at radius 1 is 1.44 bits per heavy atom. The summed E-state index contributed by atoms with van der Waals surface area (Å²) in [6.07, 6.45) is 2.73. The molecule has 0 saturated carbocycles. The fraction of sp³-hybridized carbons (Fsp3) is 0.545. The summed E-state index contributed by atoms with van der Waals surface area (Å²) in [4.78, 5) is 6.20. The molecule has 0 spiro atoms. The highest BCUT2D eigenvalue weighted by Gasteiger charge is 2.05. The average Bonchev–Trinajstić information content (AvgIpc) is 2.23. The standard InChI is InChI=1S/C11H16Cl2N2O/c1-15(4-3-5-16-2)8-9-7-14-11(13)6-10(9)12/h6-7H,3-5,8H2,1-2H3. The number of pyridine rings is 1. The van der Waals surface area contributed by atoms with Gasteiger partial charge in [0.15, 0.2) is 0 Å². The van der Waals surface area contributed by atoms with Gasteiger partial charge < -0.3 is 9.64 Å². The maximum absolute atomic E-state index is 6.06. The molecule has 1 rings (SSSR count). The third-order valence-corrected chi connectivity index (χ3v) is 2.78. The van der Waals surface area contributed by atoms with Gasteiger partial charge in [0.1, 0.15) is 5.15 Å². The third kappa shape index (κ3) is 4.66. The molecule has 0 aliphatic rings. The quantitative estimate of drug-likeness (QED) is 0.583. The number of aromatic nitrogens is 1. The van der Waals surface area contributed by atoms with E-state index in [0.29, 0.717) is 10.2 Å². The summed E-state index contributed by atoms with van der Waals surface area (Å²) < 4.78 is 5.00. The fourth-order valence-corrected chi connectivity index (χ4v) is 1.83. The first-order chi connectivity index (χ1) is 7.63. The van der Waals surface area contributed by atoms with Crippen molar-refractivity contribution in [1.29, 1.82) is 0 Å². The van der Waals surface area contributed by atoms with Crippen LogP contribution in [0.25, 0.3) is 0 Å². The van der Waals surface area contributed by atoms with E-state index >= 15 is 0 Å². The number of rotatable bonds is 6. The maximum atomic E-state index is 6.06. The number of nitrogens with zero attached hydrogens (tertiary/aromatic N) is 2. The van der Waals surface area contributed by atoms with E-state index in [1.165, 1.54) is 0 Å². The van der Waals surface area contributed by atoms with Crippen LogP contribution < -0.4 is 0 Å². The van der Waals surface area contributed by atoms with Crippen LogP contribution in [0.4, 0.5) is 0 Å². The summed E-state index contributed by atoms with van der Waals surface area (Å²) in [5, 5.41) is 1.09. The van der Waals surface area contributed by atoms with Crippen molar-refractivity contribution in [3.05, 3.63) is 28.0 Å². The normalized spacial score (nSPS) is 11.1. The molecule has 0 aliphatic heterocycles. The van der Waals surface area contributed by atoms with Crippen LogP contribution in [0.5, 0.6) is 0 Å².